The van der Waals surface area contributed by atoms with Gasteiger partial charge in [-0.25, -0.2) is 0 Å². The predicted octanol–water partition coefficient (Wildman–Crippen LogP) is 1.01. The fraction of sp³-hybridized carbons (Fsp3) is 0.917. The molecule has 0 aromatic carbocycles. The molecule has 0 aliphatic carbocycles. The Morgan fingerprint density at radius 1 is 1.44 bits per heavy atom. The Labute approximate surface area is 98.3 Å². The van der Waals surface area contributed by atoms with Crippen LogP contribution in [0.25, 0.3) is 0 Å². The second-order valence-electron chi connectivity index (χ2n) is 4.97. The summed E-state index contributed by atoms with van der Waals surface area (Å²) in [5, 5.41) is 3.39. The van der Waals surface area contributed by atoms with E-state index in [1.807, 2.05) is 13.8 Å². The van der Waals surface area contributed by atoms with Crippen molar-refractivity contribution in [1.29, 1.82) is 0 Å². The summed E-state index contributed by atoms with van der Waals surface area (Å²) in [4.78, 5) is 14.0. The average molecular weight is 228 g/mol. The maximum absolute atomic E-state index is 11.5. The first kappa shape index (κ1) is 13.5. The van der Waals surface area contributed by atoms with Crippen LogP contribution in [0.3, 0.4) is 0 Å². The Bertz CT molecular complexity index is 233. The SMILES string of the molecule is CCN1CCC(NC(C)(C)C(=O)OC)CC1. The molecule has 1 saturated heterocycles. The standard InChI is InChI=1S/C12H24N2O2/c1-5-14-8-6-10(7-9-14)13-12(2,3)11(15)16-4/h10,13H,5-9H2,1-4H3. The summed E-state index contributed by atoms with van der Waals surface area (Å²) in [6, 6.07) is 0.428. The number of hydrogen-bond acceptors (Lipinski definition) is 4. The van der Waals surface area contributed by atoms with E-state index >= 15 is 0 Å². The van der Waals surface area contributed by atoms with E-state index < -0.39 is 5.54 Å². The molecule has 0 unspecified atom stereocenters. The molecule has 4 nitrogen and oxygen atoms in total. The number of nitrogens with zero attached hydrogens (tertiary/aromatic N) is 1. The largest absolute Gasteiger partial charge is 0.468 e. The van der Waals surface area contributed by atoms with Crippen molar-refractivity contribution in [2.75, 3.05) is 26.7 Å². The van der Waals surface area contributed by atoms with Gasteiger partial charge in [-0.15, -0.1) is 0 Å². The summed E-state index contributed by atoms with van der Waals surface area (Å²) < 4.78 is 4.79. The molecule has 0 bridgehead atoms. The zero-order valence-corrected chi connectivity index (χ0v) is 10.9. The van der Waals surface area contributed by atoms with E-state index in [0.717, 1.165) is 32.5 Å². The number of hydrogen-bond donors (Lipinski definition) is 1. The fourth-order valence-corrected chi connectivity index (χ4v) is 2.22. The van der Waals surface area contributed by atoms with E-state index in [1.54, 1.807) is 0 Å². The Hall–Kier alpha value is -0.610. The molecule has 0 spiro atoms. The van der Waals surface area contributed by atoms with Gasteiger partial charge in [-0.2, -0.15) is 0 Å². The highest BCUT2D eigenvalue weighted by Crippen LogP contribution is 2.14. The lowest BCUT2D eigenvalue weighted by atomic mass is 9.99. The molecule has 1 rings (SSSR count). The van der Waals surface area contributed by atoms with Crippen LogP contribution in [0.2, 0.25) is 0 Å². The van der Waals surface area contributed by atoms with Gasteiger partial charge in [-0.05, 0) is 46.3 Å². The van der Waals surface area contributed by atoms with Crippen molar-refractivity contribution in [3.63, 3.8) is 0 Å². The molecule has 1 aliphatic heterocycles. The van der Waals surface area contributed by atoms with Gasteiger partial charge < -0.3 is 9.64 Å². The molecule has 0 saturated carbocycles. The number of likely N-dealkylation sites (tertiary alicyclic amines) is 1. The summed E-state index contributed by atoms with van der Waals surface area (Å²) in [7, 11) is 1.44. The summed E-state index contributed by atoms with van der Waals surface area (Å²) in [6.45, 7) is 9.30. The summed E-state index contributed by atoms with van der Waals surface area (Å²) in [5.74, 6) is -0.189. The summed E-state index contributed by atoms with van der Waals surface area (Å²) in [6.07, 6.45) is 2.21. The van der Waals surface area contributed by atoms with Crippen molar-refractivity contribution in [3.8, 4) is 0 Å². The fourth-order valence-electron chi connectivity index (χ4n) is 2.22. The Morgan fingerprint density at radius 2 is 2.00 bits per heavy atom. The van der Waals surface area contributed by atoms with Gasteiger partial charge in [-0.1, -0.05) is 6.92 Å². The third-order valence-electron chi connectivity index (χ3n) is 3.30. The maximum Gasteiger partial charge on any atom is 0.325 e. The normalized spacial score (nSPS) is 19.8. The van der Waals surface area contributed by atoms with Gasteiger partial charge in [0.25, 0.3) is 0 Å². The third-order valence-corrected chi connectivity index (χ3v) is 3.30. The maximum atomic E-state index is 11.5. The quantitative estimate of drug-likeness (QED) is 0.729. The Balaban J connectivity index is 2.41. The monoisotopic (exact) mass is 228 g/mol. The Morgan fingerprint density at radius 3 is 2.44 bits per heavy atom. The van der Waals surface area contributed by atoms with Crippen LogP contribution in [0.15, 0.2) is 0 Å². The molecule has 16 heavy (non-hydrogen) atoms. The molecule has 0 atom stereocenters. The van der Waals surface area contributed by atoms with Crippen LogP contribution in [0, 0.1) is 0 Å². The highest BCUT2D eigenvalue weighted by atomic mass is 16.5. The topological polar surface area (TPSA) is 41.6 Å². The van der Waals surface area contributed by atoms with E-state index in [-0.39, 0.29) is 5.97 Å². The molecule has 1 heterocycles. The highest BCUT2D eigenvalue weighted by molar-refractivity contribution is 5.79. The molecule has 0 aromatic heterocycles. The van der Waals surface area contributed by atoms with Crippen LogP contribution < -0.4 is 5.32 Å². The van der Waals surface area contributed by atoms with Crippen LogP contribution in [0.4, 0.5) is 0 Å². The molecule has 0 amide bonds. The van der Waals surface area contributed by atoms with Gasteiger partial charge in [0.1, 0.15) is 5.54 Å². The summed E-state index contributed by atoms with van der Waals surface area (Å²) >= 11 is 0. The number of carbonyl (C=O) groups excluding carboxylic acids is 1. The zero-order valence-electron chi connectivity index (χ0n) is 10.9. The van der Waals surface area contributed by atoms with Gasteiger partial charge in [-0.3, -0.25) is 10.1 Å². The molecule has 1 N–H and O–H groups in total. The number of ether oxygens (including phenoxy) is 1. The second-order valence-corrected chi connectivity index (χ2v) is 4.97. The molecular weight excluding hydrogens is 204 g/mol. The number of piperidine rings is 1. The molecule has 94 valence electrons. The number of methoxy groups -OCH3 is 1. The van der Waals surface area contributed by atoms with E-state index in [0.29, 0.717) is 6.04 Å². The van der Waals surface area contributed by atoms with Gasteiger partial charge in [0.15, 0.2) is 0 Å². The average Bonchev–Trinajstić information content (AvgIpc) is 2.28. The van der Waals surface area contributed by atoms with Gasteiger partial charge in [0.05, 0.1) is 7.11 Å². The van der Waals surface area contributed by atoms with Crippen LogP contribution in [0.1, 0.15) is 33.6 Å². The van der Waals surface area contributed by atoms with Crippen LogP contribution in [-0.4, -0.2) is 49.2 Å². The van der Waals surface area contributed by atoms with Crippen molar-refractivity contribution in [2.24, 2.45) is 0 Å². The van der Waals surface area contributed by atoms with Gasteiger partial charge >= 0.3 is 5.97 Å². The lowest BCUT2D eigenvalue weighted by Crippen LogP contribution is -2.54. The van der Waals surface area contributed by atoms with Gasteiger partial charge in [0.2, 0.25) is 0 Å². The van der Waals surface area contributed by atoms with Crippen molar-refractivity contribution >= 4 is 5.97 Å². The van der Waals surface area contributed by atoms with Crippen LogP contribution in [0.5, 0.6) is 0 Å². The van der Waals surface area contributed by atoms with Gasteiger partial charge in [0, 0.05) is 6.04 Å². The van der Waals surface area contributed by atoms with Crippen LogP contribution >= 0.6 is 0 Å². The van der Waals surface area contributed by atoms with E-state index in [1.165, 1.54) is 7.11 Å². The first-order valence-corrected chi connectivity index (χ1v) is 6.08. The molecule has 4 heteroatoms. The summed E-state index contributed by atoms with van der Waals surface area (Å²) in [5.41, 5.74) is -0.576. The predicted molar refractivity (Wildman–Crippen MR) is 64.4 cm³/mol. The second kappa shape index (κ2) is 5.64. The van der Waals surface area contributed by atoms with E-state index in [4.69, 9.17) is 4.74 Å². The third kappa shape index (κ3) is 3.46. The van der Waals surface area contributed by atoms with E-state index in [2.05, 4.69) is 17.1 Å². The molecule has 0 radical (unpaired) electrons. The first-order valence-electron chi connectivity index (χ1n) is 6.08. The highest BCUT2D eigenvalue weighted by Gasteiger charge is 2.32. The number of nitrogens with one attached hydrogen (secondary N) is 1. The smallest absolute Gasteiger partial charge is 0.325 e. The van der Waals surface area contributed by atoms with Crippen LogP contribution in [-0.2, 0) is 9.53 Å². The van der Waals surface area contributed by atoms with Crippen molar-refractivity contribution < 1.29 is 9.53 Å². The minimum Gasteiger partial charge on any atom is -0.468 e. The molecule has 1 aliphatic rings. The molecular formula is C12H24N2O2. The lowest BCUT2D eigenvalue weighted by molar-refractivity contribution is -0.147. The zero-order chi connectivity index (χ0) is 12.2. The van der Waals surface area contributed by atoms with E-state index in [9.17, 15) is 4.79 Å². The Kier molecular flexibility index (Phi) is 4.74. The minimum atomic E-state index is -0.576. The number of carbonyl (C=O) groups is 1. The first-order chi connectivity index (χ1) is 7.49. The van der Waals surface area contributed by atoms with Crippen molar-refractivity contribution in [1.82, 2.24) is 10.2 Å². The molecule has 0 aromatic rings. The molecule has 1 fully saturated rings. The number of rotatable bonds is 4. The minimum absolute atomic E-state index is 0.189. The number of esters is 1. The van der Waals surface area contributed by atoms with Crippen molar-refractivity contribution in [2.45, 2.75) is 45.2 Å². The lowest BCUT2D eigenvalue weighted by Gasteiger charge is -2.35. The van der Waals surface area contributed by atoms with Crippen molar-refractivity contribution in [3.05, 3.63) is 0 Å².